The Kier molecular flexibility index (Phi) is 5.02. The van der Waals surface area contributed by atoms with Crippen LogP contribution >= 0.6 is 0 Å². The van der Waals surface area contributed by atoms with Gasteiger partial charge in [0.15, 0.2) is 0 Å². The van der Waals surface area contributed by atoms with E-state index in [-0.39, 0.29) is 0 Å². The van der Waals surface area contributed by atoms with Crippen LogP contribution in [0, 0.1) is 11.3 Å². The van der Waals surface area contributed by atoms with Gasteiger partial charge < -0.3 is 10.1 Å². The predicted molar refractivity (Wildman–Crippen MR) is 81.0 cm³/mol. The second-order valence-corrected chi connectivity index (χ2v) is 4.42. The Morgan fingerprint density at radius 2 is 1.85 bits per heavy atom. The van der Waals surface area contributed by atoms with Gasteiger partial charge in [0.05, 0.1) is 11.6 Å². The zero-order chi connectivity index (χ0) is 14.2. The van der Waals surface area contributed by atoms with Gasteiger partial charge in [0, 0.05) is 12.2 Å². The minimum atomic E-state index is 0.587. The van der Waals surface area contributed by atoms with E-state index in [4.69, 9.17) is 10.00 Å². The number of para-hydroxylation sites is 1. The molecule has 20 heavy (non-hydrogen) atoms. The quantitative estimate of drug-likeness (QED) is 0.812. The maximum Gasteiger partial charge on any atom is 0.119 e. The monoisotopic (exact) mass is 266 g/mol. The Hall–Kier alpha value is -2.47. The van der Waals surface area contributed by atoms with Crippen LogP contribution in [0.1, 0.15) is 18.1 Å². The summed E-state index contributed by atoms with van der Waals surface area (Å²) in [6, 6.07) is 17.5. The SMILES string of the molecule is CCc1ccccc1NCCOc1ccc(C#N)cc1. The maximum atomic E-state index is 8.72. The average Bonchev–Trinajstić information content (AvgIpc) is 2.52. The van der Waals surface area contributed by atoms with Crippen LogP contribution in [0.2, 0.25) is 0 Å². The maximum absolute atomic E-state index is 8.72. The minimum Gasteiger partial charge on any atom is -0.492 e. The Morgan fingerprint density at radius 3 is 2.55 bits per heavy atom. The highest BCUT2D eigenvalue weighted by atomic mass is 16.5. The van der Waals surface area contributed by atoms with Gasteiger partial charge in [-0.05, 0) is 42.3 Å². The van der Waals surface area contributed by atoms with Crippen molar-refractivity contribution in [3.8, 4) is 11.8 Å². The highest BCUT2D eigenvalue weighted by molar-refractivity contribution is 5.51. The summed E-state index contributed by atoms with van der Waals surface area (Å²) in [5, 5.41) is 12.1. The van der Waals surface area contributed by atoms with Crippen molar-refractivity contribution < 1.29 is 4.74 Å². The Bertz CT molecular complexity index is 585. The Labute approximate surface area is 119 Å². The van der Waals surface area contributed by atoms with Gasteiger partial charge in [0.2, 0.25) is 0 Å². The Morgan fingerprint density at radius 1 is 1.10 bits per heavy atom. The molecule has 2 rings (SSSR count). The summed E-state index contributed by atoms with van der Waals surface area (Å²) in [6.45, 7) is 3.48. The van der Waals surface area contributed by atoms with Crippen molar-refractivity contribution in [2.75, 3.05) is 18.5 Å². The van der Waals surface area contributed by atoms with E-state index in [9.17, 15) is 0 Å². The molecule has 0 amide bonds. The molecule has 0 unspecified atom stereocenters. The lowest BCUT2D eigenvalue weighted by Crippen LogP contribution is -2.12. The van der Waals surface area contributed by atoms with Gasteiger partial charge in [-0.2, -0.15) is 5.26 Å². The number of rotatable bonds is 6. The number of nitrogens with one attached hydrogen (secondary N) is 1. The van der Waals surface area contributed by atoms with Crippen molar-refractivity contribution >= 4 is 5.69 Å². The van der Waals surface area contributed by atoms with Crippen LogP contribution in [0.25, 0.3) is 0 Å². The zero-order valence-corrected chi connectivity index (χ0v) is 11.6. The molecule has 0 atom stereocenters. The fraction of sp³-hybridized carbons (Fsp3) is 0.235. The third kappa shape index (κ3) is 3.76. The van der Waals surface area contributed by atoms with Gasteiger partial charge >= 0.3 is 0 Å². The summed E-state index contributed by atoms with van der Waals surface area (Å²) in [7, 11) is 0. The van der Waals surface area contributed by atoms with Crippen LogP contribution in [0.3, 0.4) is 0 Å². The van der Waals surface area contributed by atoms with E-state index in [0.717, 1.165) is 18.7 Å². The van der Waals surface area contributed by atoms with Crippen molar-refractivity contribution in [3.63, 3.8) is 0 Å². The van der Waals surface area contributed by atoms with Gasteiger partial charge in [-0.15, -0.1) is 0 Å². The van der Waals surface area contributed by atoms with E-state index in [2.05, 4.69) is 36.5 Å². The second kappa shape index (κ2) is 7.20. The molecule has 1 N–H and O–H groups in total. The van der Waals surface area contributed by atoms with Crippen LogP contribution in [0.15, 0.2) is 48.5 Å². The van der Waals surface area contributed by atoms with Crippen LogP contribution in [-0.4, -0.2) is 13.2 Å². The molecule has 0 bridgehead atoms. The van der Waals surface area contributed by atoms with Gasteiger partial charge in [-0.25, -0.2) is 0 Å². The summed E-state index contributed by atoms with van der Waals surface area (Å²) in [4.78, 5) is 0. The lowest BCUT2D eigenvalue weighted by atomic mass is 10.1. The van der Waals surface area contributed by atoms with Crippen LogP contribution in [0.4, 0.5) is 5.69 Å². The molecule has 0 aromatic heterocycles. The molecule has 0 saturated carbocycles. The summed E-state index contributed by atoms with van der Waals surface area (Å²) in [6.07, 6.45) is 1.01. The molecule has 3 heteroatoms. The molecule has 0 saturated heterocycles. The van der Waals surface area contributed by atoms with E-state index in [0.29, 0.717) is 12.2 Å². The van der Waals surface area contributed by atoms with E-state index in [1.165, 1.54) is 11.3 Å². The summed E-state index contributed by atoms with van der Waals surface area (Å²) in [5.41, 5.74) is 3.12. The topological polar surface area (TPSA) is 45.0 Å². The molecule has 0 spiro atoms. The fourth-order valence-corrected chi connectivity index (χ4v) is 1.98. The van der Waals surface area contributed by atoms with E-state index in [1.807, 2.05) is 18.2 Å². The van der Waals surface area contributed by atoms with Gasteiger partial charge in [0.1, 0.15) is 12.4 Å². The molecule has 102 valence electrons. The van der Waals surface area contributed by atoms with Crippen LogP contribution in [-0.2, 0) is 6.42 Å². The van der Waals surface area contributed by atoms with Crippen molar-refractivity contribution in [3.05, 3.63) is 59.7 Å². The number of anilines is 1. The lowest BCUT2D eigenvalue weighted by molar-refractivity contribution is 0.333. The molecule has 3 nitrogen and oxygen atoms in total. The average molecular weight is 266 g/mol. The first-order chi connectivity index (χ1) is 9.83. The summed E-state index contributed by atoms with van der Waals surface area (Å²) in [5.74, 6) is 0.787. The largest absolute Gasteiger partial charge is 0.492 e. The first-order valence-electron chi connectivity index (χ1n) is 6.78. The number of ether oxygens (including phenoxy) is 1. The first-order valence-corrected chi connectivity index (χ1v) is 6.78. The van der Waals surface area contributed by atoms with Crippen LogP contribution < -0.4 is 10.1 Å². The first kappa shape index (κ1) is 14.0. The number of hydrogen-bond acceptors (Lipinski definition) is 3. The molecule has 0 fully saturated rings. The molecule has 2 aromatic carbocycles. The van der Waals surface area contributed by atoms with Crippen LogP contribution in [0.5, 0.6) is 5.75 Å². The minimum absolute atomic E-state index is 0.587. The van der Waals surface area contributed by atoms with Crippen molar-refractivity contribution in [1.82, 2.24) is 0 Å². The van der Waals surface area contributed by atoms with Crippen molar-refractivity contribution in [2.24, 2.45) is 0 Å². The zero-order valence-electron chi connectivity index (χ0n) is 11.6. The van der Waals surface area contributed by atoms with E-state index >= 15 is 0 Å². The van der Waals surface area contributed by atoms with E-state index in [1.54, 1.807) is 12.1 Å². The number of aryl methyl sites for hydroxylation is 1. The third-order valence-corrected chi connectivity index (χ3v) is 3.07. The molecule has 0 aliphatic carbocycles. The normalized spacial score (nSPS) is 9.80. The molecule has 0 aliphatic rings. The van der Waals surface area contributed by atoms with Crippen molar-refractivity contribution in [1.29, 1.82) is 5.26 Å². The standard InChI is InChI=1S/C17H18N2O/c1-2-15-5-3-4-6-17(15)19-11-12-20-16-9-7-14(13-18)8-10-16/h3-10,19H,2,11-12H2,1H3. The summed E-state index contributed by atoms with van der Waals surface area (Å²) < 4.78 is 5.63. The predicted octanol–water partition coefficient (Wildman–Crippen LogP) is 3.61. The molecule has 0 aliphatic heterocycles. The van der Waals surface area contributed by atoms with Gasteiger partial charge in [-0.3, -0.25) is 0 Å². The smallest absolute Gasteiger partial charge is 0.119 e. The van der Waals surface area contributed by atoms with Crippen molar-refractivity contribution in [2.45, 2.75) is 13.3 Å². The lowest BCUT2D eigenvalue weighted by Gasteiger charge is -2.11. The molecule has 0 radical (unpaired) electrons. The number of nitriles is 1. The molecular weight excluding hydrogens is 248 g/mol. The molecular formula is C17H18N2O. The van der Waals surface area contributed by atoms with Gasteiger partial charge in [-0.1, -0.05) is 25.1 Å². The molecule has 2 aromatic rings. The Balaban J connectivity index is 1.80. The number of hydrogen-bond donors (Lipinski definition) is 1. The second-order valence-electron chi connectivity index (χ2n) is 4.42. The fourth-order valence-electron chi connectivity index (χ4n) is 1.98. The highest BCUT2D eigenvalue weighted by Gasteiger charge is 1.99. The third-order valence-electron chi connectivity index (χ3n) is 3.07. The summed E-state index contributed by atoms with van der Waals surface area (Å²) >= 11 is 0. The molecule has 0 heterocycles. The highest BCUT2D eigenvalue weighted by Crippen LogP contribution is 2.15. The van der Waals surface area contributed by atoms with Gasteiger partial charge in [0.25, 0.3) is 0 Å². The van der Waals surface area contributed by atoms with E-state index < -0.39 is 0 Å². The number of benzene rings is 2. The number of nitrogens with zero attached hydrogens (tertiary/aromatic N) is 1.